The van der Waals surface area contributed by atoms with Crippen molar-refractivity contribution >= 4 is 11.7 Å². The summed E-state index contributed by atoms with van der Waals surface area (Å²) in [6, 6.07) is 4.35. The van der Waals surface area contributed by atoms with E-state index in [0.717, 1.165) is 0 Å². The van der Waals surface area contributed by atoms with Crippen LogP contribution in [-0.2, 0) is 0 Å². The first-order valence-corrected chi connectivity index (χ1v) is 4.44. The molecule has 15 heavy (non-hydrogen) atoms. The molecule has 1 aromatic carbocycles. The average molecular weight is 211 g/mol. The topological polar surface area (TPSA) is 92.8 Å². The lowest BCUT2D eigenvalue weighted by Crippen LogP contribution is -2.13. The third-order valence-corrected chi connectivity index (χ3v) is 1.75. The summed E-state index contributed by atoms with van der Waals surface area (Å²) < 4.78 is 5.14. The van der Waals surface area contributed by atoms with Gasteiger partial charge < -0.3 is 20.7 Å². The van der Waals surface area contributed by atoms with Crippen molar-refractivity contribution in [3.8, 4) is 5.75 Å². The van der Waals surface area contributed by atoms with E-state index in [1.165, 1.54) is 12.1 Å². The van der Waals surface area contributed by atoms with Crippen LogP contribution >= 0.6 is 0 Å². The van der Waals surface area contributed by atoms with Crippen molar-refractivity contribution in [2.24, 2.45) is 0 Å². The van der Waals surface area contributed by atoms with Crippen molar-refractivity contribution in [3.05, 3.63) is 23.8 Å². The molecular weight excluding hydrogens is 198 g/mol. The summed E-state index contributed by atoms with van der Waals surface area (Å²) in [5, 5.41) is 17.8. The summed E-state index contributed by atoms with van der Waals surface area (Å²) in [6.45, 7) is 1.69. The number of carbonyl (C=O) groups is 1. The van der Waals surface area contributed by atoms with Crippen LogP contribution in [-0.4, -0.2) is 28.9 Å². The maximum absolute atomic E-state index is 10.7. The lowest BCUT2D eigenvalue weighted by atomic mass is 10.2. The van der Waals surface area contributed by atoms with Gasteiger partial charge >= 0.3 is 5.97 Å². The number of aromatic carboxylic acids is 1. The van der Waals surface area contributed by atoms with Gasteiger partial charge in [0.05, 0.1) is 11.7 Å². The fraction of sp³-hybridized carbons (Fsp3) is 0.300. The maximum atomic E-state index is 10.7. The molecule has 0 fully saturated rings. The van der Waals surface area contributed by atoms with Crippen LogP contribution in [0.2, 0.25) is 0 Å². The number of rotatable bonds is 4. The highest BCUT2D eigenvalue weighted by molar-refractivity contribution is 5.94. The highest BCUT2D eigenvalue weighted by Gasteiger charge is 2.09. The molecular formula is C10H13NO4. The number of nitrogens with two attached hydrogens (primary N) is 1. The molecule has 0 radical (unpaired) electrons. The van der Waals surface area contributed by atoms with E-state index < -0.39 is 12.1 Å². The molecule has 0 aliphatic heterocycles. The van der Waals surface area contributed by atoms with Gasteiger partial charge in [0.25, 0.3) is 0 Å². The third-order valence-electron chi connectivity index (χ3n) is 1.75. The van der Waals surface area contributed by atoms with E-state index in [0.29, 0.717) is 5.75 Å². The molecule has 0 saturated heterocycles. The predicted molar refractivity (Wildman–Crippen MR) is 55.0 cm³/mol. The number of hydrogen-bond acceptors (Lipinski definition) is 4. The van der Waals surface area contributed by atoms with Crippen molar-refractivity contribution in [1.29, 1.82) is 0 Å². The number of benzene rings is 1. The molecule has 0 aliphatic carbocycles. The first-order valence-electron chi connectivity index (χ1n) is 4.44. The Kier molecular flexibility index (Phi) is 3.51. The zero-order chi connectivity index (χ0) is 11.4. The normalized spacial score (nSPS) is 12.1. The maximum Gasteiger partial charge on any atom is 0.337 e. The number of carboxylic acid groups (broad SMARTS) is 1. The zero-order valence-corrected chi connectivity index (χ0v) is 8.30. The van der Waals surface area contributed by atoms with Crippen LogP contribution in [0, 0.1) is 0 Å². The molecule has 0 bridgehead atoms. The molecule has 0 aliphatic rings. The number of ether oxygens (including phenoxy) is 1. The molecule has 5 nitrogen and oxygen atoms in total. The number of aliphatic hydroxyl groups excluding tert-OH is 1. The fourth-order valence-electron chi connectivity index (χ4n) is 1.03. The second kappa shape index (κ2) is 4.65. The Hall–Kier alpha value is -1.75. The van der Waals surface area contributed by atoms with Gasteiger partial charge in [0.2, 0.25) is 0 Å². The van der Waals surface area contributed by atoms with E-state index in [1.807, 2.05) is 0 Å². The molecule has 0 heterocycles. The van der Waals surface area contributed by atoms with Gasteiger partial charge in [-0.05, 0) is 25.1 Å². The number of nitrogen functional groups attached to an aromatic ring is 1. The van der Waals surface area contributed by atoms with Crippen molar-refractivity contribution in [1.82, 2.24) is 0 Å². The zero-order valence-electron chi connectivity index (χ0n) is 8.30. The largest absolute Gasteiger partial charge is 0.491 e. The monoisotopic (exact) mass is 211 g/mol. The smallest absolute Gasteiger partial charge is 0.337 e. The second-order valence-corrected chi connectivity index (χ2v) is 3.21. The molecule has 0 spiro atoms. The number of aliphatic hydroxyl groups is 1. The minimum absolute atomic E-state index is 0.00177. The Bertz CT molecular complexity index is 362. The number of carboxylic acids is 1. The van der Waals surface area contributed by atoms with Crippen LogP contribution in [0.1, 0.15) is 17.3 Å². The van der Waals surface area contributed by atoms with Crippen LogP contribution in [0.15, 0.2) is 18.2 Å². The first-order chi connectivity index (χ1) is 7.00. The van der Waals surface area contributed by atoms with Gasteiger partial charge in [0, 0.05) is 5.69 Å². The molecule has 0 aromatic heterocycles. The molecule has 1 aromatic rings. The summed E-state index contributed by atoms with van der Waals surface area (Å²) in [5.41, 5.74) is 5.65. The predicted octanol–water partition coefficient (Wildman–Crippen LogP) is 0.727. The molecule has 1 rings (SSSR count). The van der Waals surface area contributed by atoms with Crippen molar-refractivity contribution in [2.45, 2.75) is 13.0 Å². The van der Waals surface area contributed by atoms with Crippen LogP contribution < -0.4 is 10.5 Å². The molecule has 4 N–H and O–H groups in total. The molecule has 82 valence electrons. The highest BCUT2D eigenvalue weighted by atomic mass is 16.5. The molecule has 0 amide bonds. The molecule has 5 heteroatoms. The molecule has 0 saturated carbocycles. The van der Waals surface area contributed by atoms with Gasteiger partial charge in [0.15, 0.2) is 0 Å². The lowest BCUT2D eigenvalue weighted by molar-refractivity contribution is 0.0697. The van der Waals surface area contributed by atoms with E-state index in [9.17, 15) is 4.79 Å². The molecule has 1 atom stereocenters. The summed E-state index contributed by atoms with van der Waals surface area (Å²) >= 11 is 0. The minimum atomic E-state index is -1.10. The van der Waals surface area contributed by atoms with Gasteiger partial charge in [-0.1, -0.05) is 0 Å². The standard InChI is InChI=1S/C10H13NO4/c1-6(12)5-15-7-2-3-9(11)8(4-7)10(13)14/h2-4,6,12H,5,11H2,1H3,(H,13,14). The minimum Gasteiger partial charge on any atom is -0.491 e. The van der Waals surface area contributed by atoms with Crippen LogP contribution in [0.25, 0.3) is 0 Å². The highest BCUT2D eigenvalue weighted by Crippen LogP contribution is 2.19. The summed E-state index contributed by atoms with van der Waals surface area (Å²) in [6.07, 6.45) is -0.601. The Morgan fingerprint density at radius 2 is 2.27 bits per heavy atom. The quantitative estimate of drug-likeness (QED) is 0.638. The van der Waals surface area contributed by atoms with E-state index >= 15 is 0 Å². The van der Waals surface area contributed by atoms with Gasteiger partial charge in [0.1, 0.15) is 12.4 Å². The van der Waals surface area contributed by atoms with Crippen molar-refractivity contribution in [3.63, 3.8) is 0 Å². The Morgan fingerprint density at radius 3 is 2.80 bits per heavy atom. The van der Waals surface area contributed by atoms with E-state index in [1.54, 1.807) is 13.0 Å². The van der Waals surface area contributed by atoms with Crippen molar-refractivity contribution < 1.29 is 19.7 Å². The molecule has 1 unspecified atom stereocenters. The number of anilines is 1. The second-order valence-electron chi connectivity index (χ2n) is 3.21. The third kappa shape index (κ3) is 3.14. The van der Waals surface area contributed by atoms with E-state index in [-0.39, 0.29) is 17.9 Å². The fourth-order valence-corrected chi connectivity index (χ4v) is 1.03. The van der Waals surface area contributed by atoms with Crippen LogP contribution in [0.3, 0.4) is 0 Å². The average Bonchev–Trinajstić information content (AvgIpc) is 2.16. The SMILES string of the molecule is CC(O)COc1ccc(N)c(C(=O)O)c1. The first kappa shape index (κ1) is 11.3. The summed E-state index contributed by atoms with van der Waals surface area (Å²) in [4.78, 5) is 10.7. The number of hydrogen-bond donors (Lipinski definition) is 3. The summed E-state index contributed by atoms with van der Waals surface area (Å²) in [5.74, 6) is -0.725. The van der Waals surface area contributed by atoms with Gasteiger partial charge in [-0.15, -0.1) is 0 Å². The van der Waals surface area contributed by atoms with Gasteiger partial charge in [-0.2, -0.15) is 0 Å². The Balaban J connectivity index is 2.83. The van der Waals surface area contributed by atoms with Gasteiger partial charge in [-0.3, -0.25) is 0 Å². The van der Waals surface area contributed by atoms with E-state index in [4.69, 9.17) is 20.7 Å². The lowest BCUT2D eigenvalue weighted by Gasteiger charge is -2.09. The van der Waals surface area contributed by atoms with E-state index in [2.05, 4.69) is 0 Å². The van der Waals surface area contributed by atoms with Crippen LogP contribution in [0.5, 0.6) is 5.75 Å². The Labute approximate surface area is 87.1 Å². The van der Waals surface area contributed by atoms with Gasteiger partial charge in [-0.25, -0.2) is 4.79 Å². The van der Waals surface area contributed by atoms with Crippen LogP contribution in [0.4, 0.5) is 5.69 Å². The summed E-state index contributed by atoms with van der Waals surface area (Å²) in [7, 11) is 0. The van der Waals surface area contributed by atoms with Crippen molar-refractivity contribution in [2.75, 3.05) is 12.3 Å². The Morgan fingerprint density at radius 1 is 1.60 bits per heavy atom.